The van der Waals surface area contributed by atoms with E-state index >= 15 is 0 Å². The minimum atomic E-state index is -1.70. The summed E-state index contributed by atoms with van der Waals surface area (Å²) in [6, 6.07) is 0. The van der Waals surface area contributed by atoms with Crippen molar-refractivity contribution in [3.63, 3.8) is 0 Å². The number of unbranched alkanes of at least 4 members (excludes halogenated alkanes) is 42. The van der Waals surface area contributed by atoms with Crippen molar-refractivity contribution in [3.05, 3.63) is 0 Å². The average Bonchev–Trinajstić information content (AvgIpc) is 3.46. The molecule has 2 rings (SSSR count). The molecule has 0 aromatic heterocycles. The molecule has 2 saturated heterocycles. The lowest BCUT2D eigenvalue weighted by molar-refractivity contribution is -0.332. The Bertz CT molecular complexity index is 1300. The summed E-state index contributed by atoms with van der Waals surface area (Å²) < 4.78 is 34.5. The molecule has 7 N–H and O–H groups in total. The van der Waals surface area contributed by atoms with Crippen LogP contribution in [-0.2, 0) is 33.2 Å². The van der Waals surface area contributed by atoms with E-state index in [0.29, 0.717) is 6.61 Å². The van der Waals surface area contributed by atoms with E-state index in [0.717, 1.165) is 44.9 Å². The molecule has 0 bridgehead atoms. The molecule has 14 nitrogen and oxygen atoms in total. The summed E-state index contributed by atoms with van der Waals surface area (Å²) in [5, 5.41) is 72.5. The van der Waals surface area contributed by atoms with Gasteiger partial charge in [-0.3, -0.25) is 4.79 Å². The summed E-state index contributed by atoms with van der Waals surface area (Å²) >= 11 is 0. The van der Waals surface area contributed by atoms with Gasteiger partial charge in [0.2, 0.25) is 0 Å². The molecule has 2 aliphatic heterocycles. The third-order valence-electron chi connectivity index (χ3n) is 16.4. The Hall–Kier alpha value is -1.01. The van der Waals surface area contributed by atoms with Crippen molar-refractivity contribution < 1.29 is 69.0 Å². The lowest BCUT2D eigenvalue weighted by atomic mass is 9.98. The zero-order chi connectivity index (χ0) is 56.5. The second-order valence-corrected chi connectivity index (χ2v) is 23.7. The van der Waals surface area contributed by atoms with E-state index in [-0.39, 0.29) is 25.6 Å². The van der Waals surface area contributed by atoms with Gasteiger partial charge in [0.15, 0.2) is 12.6 Å². The van der Waals surface area contributed by atoms with Gasteiger partial charge in [-0.05, 0) is 12.8 Å². The van der Waals surface area contributed by atoms with Gasteiger partial charge in [-0.25, -0.2) is 0 Å². The Kier molecular flexibility index (Phi) is 48.4. The fraction of sp³-hybridized carbons (Fsp3) is 0.984. The molecule has 0 aliphatic carbocycles. The van der Waals surface area contributed by atoms with Crippen LogP contribution in [0.25, 0.3) is 0 Å². The molecule has 2 fully saturated rings. The van der Waals surface area contributed by atoms with Gasteiger partial charge in [0, 0.05) is 13.0 Å². The molecule has 0 radical (unpaired) electrons. The van der Waals surface area contributed by atoms with Gasteiger partial charge in [-0.15, -0.1) is 0 Å². The highest BCUT2D eigenvalue weighted by atomic mass is 16.7. The van der Waals surface area contributed by atoms with Crippen LogP contribution in [0.3, 0.4) is 0 Å². The van der Waals surface area contributed by atoms with Crippen molar-refractivity contribution in [1.82, 2.24) is 0 Å². The number of hydrogen-bond acceptors (Lipinski definition) is 14. The standard InChI is InChI=1S/C64H124O14/c1-3-5-7-9-11-13-15-17-19-21-23-25-26-28-30-32-34-36-38-40-42-44-46-48-73-50-53(51-74-63-62(72)60(70)58(68)55(78-63)52-75-64-61(71)59(69)57(67)54(49-65)77-64)76-56(66)47-45-43-41-39-37-35-33-31-29-27-24-22-20-18-16-14-12-10-8-6-4-2/h53-55,57-65,67-72H,3-52H2,1-2H3. The summed E-state index contributed by atoms with van der Waals surface area (Å²) in [5.74, 6) is -0.365. The maximum absolute atomic E-state index is 13.1. The number of aliphatic hydroxyl groups excluding tert-OH is 7. The normalized spacial score (nSPS) is 24.0. The number of rotatable bonds is 56. The van der Waals surface area contributed by atoms with Gasteiger partial charge >= 0.3 is 5.97 Å². The fourth-order valence-electron chi connectivity index (χ4n) is 11.1. The van der Waals surface area contributed by atoms with Crippen molar-refractivity contribution >= 4 is 5.97 Å². The van der Waals surface area contributed by atoms with Crippen molar-refractivity contribution in [2.45, 2.75) is 370 Å². The van der Waals surface area contributed by atoms with Crippen LogP contribution >= 0.6 is 0 Å². The molecule has 0 aromatic carbocycles. The molecule has 11 unspecified atom stereocenters. The monoisotopic (exact) mass is 1120 g/mol. The van der Waals surface area contributed by atoms with Crippen LogP contribution in [0.1, 0.15) is 303 Å². The number of ether oxygens (including phenoxy) is 6. The Labute approximate surface area is 476 Å². The molecule has 0 spiro atoms. The first-order chi connectivity index (χ1) is 38.1. The fourth-order valence-corrected chi connectivity index (χ4v) is 11.1. The molecule has 0 saturated carbocycles. The topological polar surface area (TPSA) is 214 Å². The minimum absolute atomic E-state index is 0.0714. The Morgan fingerprint density at radius 1 is 0.372 bits per heavy atom. The van der Waals surface area contributed by atoms with Crippen LogP contribution in [0.4, 0.5) is 0 Å². The Morgan fingerprint density at radius 3 is 1.04 bits per heavy atom. The van der Waals surface area contributed by atoms with E-state index in [1.807, 2.05) is 0 Å². The van der Waals surface area contributed by atoms with Crippen LogP contribution in [0, 0.1) is 0 Å². The summed E-state index contributed by atoms with van der Waals surface area (Å²) in [6.07, 6.45) is 41.7. The number of hydrogen-bond donors (Lipinski definition) is 7. The maximum atomic E-state index is 13.1. The zero-order valence-electron chi connectivity index (χ0n) is 50.2. The lowest BCUT2D eigenvalue weighted by Gasteiger charge is -2.42. The molecule has 2 aliphatic rings. The van der Waals surface area contributed by atoms with Crippen molar-refractivity contribution in [2.75, 3.05) is 33.0 Å². The van der Waals surface area contributed by atoms with Gasteiger partial charge in [-0.2, -0.15) is 0 Å². The molecular weight excluding hydrogens is 993 g/mol. The van der Waals surface area contributed by atoms with Crippen LogP contribution in [0.2, 0.25) is 0 Å². The second-order valence-electron chi connectivity index (χ2n) is 23.7. The molecule has 0 aromatic rings. The summed E-state index contributed by atoms with van der Waals surface area (Å²) in [5.41, 5.74) is 0. The van der Waals surface area contributed by atoms with E-state index in [1.165, 1.54) is 238 Å². The van der Waals surface area contributed by atoms with Crippen molar-refractivity contribution in [2.24, 2.45) is 0 Å². The van der Waals surface area contributed by atoms with Gasteiger partial charge in [-0.1, -0.05) is 284 Å². The smallest absolute Gasteiger partial charge is 0.306 e. The van der Waals surface area contributed by atoms with Gasteiger partial charge in [0.05, 0.1) is 26.4 Å². The van der Waals surface area contributed by atoms with Crippen LogP contribution in [0.15, 0.2) is 0 Å². The highest BCUT2D eigenvalue weighted by Gasteiger charge is 2.47. The average molecular weight is 1120 g/mol. The van der Waals surface area contributed by atoms with Gasteiger partial charge < -0.3 is 64.2 Å². The zero-order valence-corrected chi connectivity index (χ0v) is 50.2. The summed E-state index contributed by atoms with van der Waals surface area (Å²) in [7, 11) is 0. The number of esters is 1. The molecule has 0 amide bonds. The minimum Gasteiger partial charge on any atom is -0.457 e. The second kappa shape index (κ2) is 51.6. The van der Waals surface area contributed by atoms with E-state index in [9.17, 15) is 40.5 Å². The molecule has 78 heavy (non-hydrogen) atoms. The summed E-state index contributed by atoms with van der Waals surface area (Å²) in [6.45, 7) is 3.79. The van der Waals surface area contributed by atoms with E-state index in [4.69, 9.17) is 28.4 Å². The Balaban J connectivity index is 1.65. The van der Waals surface area contributed by atoms with Crippen molar-refractivity contribution in [1.29, 1.82) is 0 Å². The van der Waals surface area contributed by atoms with E-state index < -0.39 is 80.7 Å². The molecule has 14 heteroatoms. The van der Waals surface area contributed by atoms with Gasteiger partial charge in [0.1, 0.15) is 54.9 Å². The third kappa shape index (κ3) is 37.2. The number of carbonyl (C=O) groups excluding carboxylic acids is 1. The maximum Gasteiger partial charge on any atom is 0.306 e. The molecule has 2 heterocycles. The first kappa shape index (κ1) is 73.1. The molecule has 464 valence electrons. The third-order valence-corrected chi connectivity index (χ3v) is 16.4. The SMILES string of the molecule is CCCCCCCCCCCCCCCCCCCCCCCCCOCC(COC1OC(COC2OC(CO)C(O)C(O)C2O)C(O)C(O)C1O)OC(=O)CCCCCCCCCCCCCCCCCCCCCCC. The first-order valence-corrected chi connectivity index (χ1v) is 33.1. The largest absolute Gasteiger partial charge is 0.457 e. The predicted octanol–water partition coefficient (Wildman–Crippen LogP) is 13.1. The Morgan fingerprint density at radius 2 is 0.679 bits per heavy atom. The number of carbonyl (C=O) groups is 1. The highest BCUT2D eigenvalue weighted by Crippen LogP contribution is 2.27. The quantitative estimate of drug-likeness (QED) is 0.0223. The van der Waals surface area contributed by atoms with E-state index in [2.05, 4.69) is 13.8 Å². The lowest BCUT2D eigenvalue weighted by Crippen LogP contribution is -2.61. The van der Waals surface area contributed by atoms with Crippen LogP contribution in [0.5, 0.6) is 0 Å². The van der Waals surface area contributed by atoms with Crippen LogP contribution < -0.4 is 0 Å². The number of aliphatic hydroxyl groups is 7. The highest BCUT2D eigenvalue weighted by molar-refractivity contribution is 5.69. The van der Waals surface area contributed by atoms with Gasteiger partial charge in [0.25, 0.3) is 0 Å². The summed E-state index contributed by atoms with van der Waals surface area (Å²) in [4.78, 5) is 13.1. The van der Waals surface area contributed by atoms with Crippen molar-refractivity contribution in [3.8, 4) is 0 Å². The molecule has 11 atom stereocenters. The van der Waals surface area contributed by atoms with E-state index in [1.54, 1.807) is 0 Å². The first-order valence-electron chi connectivity index (χ1n) is 33.1. The predicted molar refractivity (Wildman–Crippen MR) is 312 cm³/mol. The molecular formula is C64H124O14. The van der Waals surface area contributed by atoms with Crippen LogP contribution in [-0.4, -0.2) is 142 Å².